The zero-order chi connectivity index (χ0) is 14.8. The number of likely N-dealkylation sites (tertiary alicyclic amines) is 1. The molecule has 2 rings (SSSR count). The van der Waals surface area contributed by atoms with Gasteiger partial charge >= 0.3 is 0 Å². The van der Waals surface area contributed by atoms with Crippen LogP contribution >= 0.6 is 0 Å². The number of hydrogen-bond donors (Lipinski definition) is 2. The van der Waals surface area contributed by atoms with Crippen molar-refractivity contribution in [3.8, 4) is 0 Å². The molecule has 2 amide bonds. The van der Waals surface area contributed by atoms with Crippen LogP contribution in [0.4, 0.5) is 0 Å². The summed E-state index contributed by atoms with van der Waals surface area (Å²) in [6.45, 7) is 5.07. The number of hydrogen-bond acceptors (Lipinski definition) is 3. The number of piperidine rings is 1. The van der Waals surface area contributed by atoms with E-state index in [-0.39, 0.29) is 35.8 Å². The minimum atomic E-state index is -0.387. The molecule has 0 radical (unpaired) electrons. The zero-order valence-electron chi connectivity index (χ0n) is 12.5. The van der Waals surface area contributed by atoms with Gasteiger partial charge in [-0.1, -0.05) is 13.8 Å². The van der Waals surface area contributed by atoms with Crippen LogP contribution in [0.2, 0.25) is 0 Å². The Kier molecular flexibility index (Phi) is 4.68. The van der Waals surface area contributed by atoms with Crippen LogP contribution in [0.25, 0.3) is 0 Å². The van der Waals surface area contributed by atoms with E-state index < -0.39 is 0 Å². The van der Waals surface area contributed by atoms with E-state index in [9.17, 15) is 14.7 Å². The third-order valence-corrected chi connectivity index (χ3v) is 4.60. The van der Waals surface area contributed by atoms with Crippen molar-refractivity contribution in [3.05, 3.63) is 0 Å². The van der Waals surface area contributed by atoms with Gasteiger partial charge in [0.2, 0.25) is 11.8 Å². The fourth-order valence-corrected chi connectivity index (χ4v) is 3.05. The quantitative estimate of drug-likeness (QED) is 0.805. The van der Waals surface area contributed by atoms with E-state index >= 15 is 0 Å². The average Bonchev–Trinajstić information content (AvgIpc) is 2.41. The Morgan fingerprint density at radius 2 is 2.05 bits per heavy atom. The fraction of sp³-hybridized carbons (Fsp3) is 0.867. The Balaban J connectivity index is 1.91. The molecule has 1 atom stereocenters. The number of rotatable bonds is 4. The van der Waals surface area contributed by atoms with Gasteiger partial charge in [-0.2, -0.15) is 0 Å². The van der Waals surface area contributed by atoms with Gasteiger partial charge in [-0.15, -0.1) is 0 Å². The van der Waals surface area contributed by atoms with Gasteiger partial charge < -0.3 is 15.3 Å². The van der Waals surface area contributed by atoms with Gasteiger partial charge in [0, 0.05) is 19.0 Å². The Bertz CT molecular complexity index is 372. The number of carbonyl (C=O) groups excluding carboxylic acids is 2. The van der Waals surface area contributed by atoms with Gasteiger partial charge in [-0.05, 0) is 32.1 Å². The smallest absolute Gasteiger partial charge is 0.225 e. The molecule has 1 aliphatic heterocycles. The van der Waals surface area contributed by atoms with E-state index in [2.05, 4.69) is 5.32 Å². The molecule has 5 nitrogen and oxygen atoms in total. The van der Waals surface area contributed by atoms with Crippen molar-refractivity contribution < 1.29 is 14.7 Å². The summed E-state index contributed by atoms with van der Waals surface area (Å²) in [6.07, 6.45) is 4.48. The van der Waals surface area contributed by atoms with Crippen LogP contribution in [0, 0.1) is 11.8 Å². The largest absolute Gasteiger partial charge is 0.394 e. The highest BCUT2D eigenvalue weighted by atomic mass is 16.3. The summed E-state index contributed by atoms with van der Waals surface area (Å²) >= 11 is 0. The summed E-state index contributed by atoms with van der Waals surface area (Å²) in [5.74, 6) is -0.0225. The van der Waals surface area contributed by atoms with Crippen molar-refractivity contribution in [3.63, 3.8) is 0 Å². The molecule has 2 aliphatic rings. The molecule has 0 aromatic carbocycles. The van der Waals surface area contributed by atoms with Gasteiger partial charge in [-0.25, -0.2) is 0 Å². The summed E-state index contributed by atoms with van der Waals surface area (Å²) in [4.78, 5) is 26.2. The zero-order valence-corrected chi connectivity index (χ0v) is 12.5. The molecule has 2 fully saturated rings. The van der Waals surface area contributed by atoms with Crippen molar-refractivity contribution in [2.45, 2.75) is 51.5 Å². The number of aliphatic hydroxyl groups is 1. The van der Waals surface area contributed by atoms with Crippen molar-refractivity contribution in [2.75, 3.05) is 19.7 Å². The van der Waals surface area contributed by atoms with E-state index in [1.165, 1.54) is 0 Å². The maximum absolute atomic E-state index is 12.3. The van der Waals surface area contributed by atoms with E-state index in [0.29, 0.717) is 6.54 Å². The Labute approximate surface area is 120 Å². The third kappa shape index (κ3) is 3.14. The number of nitrogens with zero attached hydrogens (tertiary/aromatic N) is 1. The summed E-state index contributed by atoms with van der Waals surface area (Å²) in [5.41, 5.74) is -0.387. The molecule has 5 heteroatoms. The summed E-state index contributed by atoms with van der Waals surface area (Å²) in [5, 5.41) is 12.4. The van der Waals surface area contributed by atoms with E-state index in [0.717, 1.165) is 38.6 Å². The molecule has 20 heavy (non-hydrogen) atoms. The van der Waals surface area contributed by atoms with Gasteiger partial charge in [0.25, 0.3) is 0 Å². The number of carbonyl (C=O) groups is 2. The van der Waals surface area contributed by atoms with Gasteiger partial charge in [0.05, 0.1) is 18.1 Å². The molecule has 0 aromatic heterocycles. The Morgan fingerprint density at radius 1 is 1.35 bits per heavy atom. The van der Waals surface area contributed by atoms with E-state index in [1.54, 1.807) is 0 Å². The number of amides is 2. The predicted molar refractivity (Wildman–Crippen MR) is 76.0 cm³/mol. The van der Waals surface area contributed by atoms with Gasteiger partial charge in [0.1, 0.15) is 0 Å². The number of aliphatic hydroxyl groups excluding tert-OH is 1. The molecule has 1 unspecified atom stereocenters. The fourth-order valence-electron chi connectivity index (χ4n) is 3.05. The standard InChI is InChI=1S/C15H26N2O3/c1-11(2)14(20)17-8-3-5-12(9-17)13(19)16-15(10-18)6-4-7-15/h11-12,18H,3-10H2,1-2H3,(H,16,19). The molecular formula is C15H26N2O3. The Morgan fingerprint density at radius 3 is 2.55 bits per heavy atom. The average molecular weight is 282 g/mol. The lowest BCUT2D eigenvalue weighted by Crippen LogP contribution is -2.59. The summed E-state index contributed by atoms with van der Waals surface area (Å²) in [7, 11) is 0. The van der Waals surface area contributed by atoms with Crippen molar-refractivity contribution in [1.29, 1.82) is 0 Å². The minimum Gasteiger partial charge on any atom is -0.394 e. The monoisotopic (exact) mass is 282 g/mol. The molecule has 114 valence electrons. The molecule has 0 bridgehead atoms. The second kappa shape index (κ2) is 6.12. The molecule has 2 N–H and O–H groups in total. The molecular weight excluding hydrogens is 256 g/mol. The SMILES string of the molecule is CC(C)C(=O)N1CCCC(C(=O)NC2(CO)CCC2)C1. The van der Waals surface area contributed by atoms with Crippen LogP contribution in [-0.2, 0) is 9.59 Å². The first-order valence-corrected chi connectivity index (χ1v) is 7.69. The molecule has 1 saturated heterocycles. The van der Waals surface area contributed by atoms with Crippen LogP contribution in [0.1, 0.15) is 46.0 Å². The van der Waals surface area contributed by atoms with Gasteiger partial charge in [-0.3, -0.25) is 9.59 Å². The second-order valence-electron chi connectivity index (χ2n) is 6.56. The van der Waals surface area contributed by atoms with E-state index in [1.807, 2.05) is 18.7 Å². The predicted octanol–water partition coefficient (Wildman–Crippen LogP) is 0.912. The number of nitrogens with one attached hydrogen (secondary N) is 1. The second-order valence-corrected chi connectivity index (χ2v) is 6.56. The first-order valence-electron chi connectivity index (χ1n) is 7.69. The minimum absolute atomic E-state index is 0.00000567. The Hall–Kier alpha value is -1.10. The maximum atomic E-state index is 12.3. The lowest BCUT2D eigenvalue weighted by atomic mass is 9.77. The highest BCUT2D eigenvalue weighted by molar-refractivity contribution is 5.82. The van der Waals surface area contributed by atoms with Gasteiger partial charge in [0.15, 0.2) is 0 Å². The van der Waals surface area contributed by atoms with Crippen molar-refractivity contribution in [1.82, 2.24) is 10.2 Å². The topological polar surface area (TPSA) is 69.6 Å². The lowest BCUT2D eigenvalue weighted by Gasteiger charge is -2.42. The first-order chi connectivity index (χ1) is 9.47. The molecule has 1 heterocycles. The first kappa shape index (κ1) is 15.3. The summed E-state index contributed by atoms with van der Waals surface area (Å²) in [6, 6.07) is 0. The van der Waals surface area contributed by atoms with Crippen molar-refractivity contribution in [2.24, 2.45) is 11.8 Å². The third-order valence-electron chi connectivity index (χ3n) is 4.60. The van der Waals surface area contributed by atoms with Crippen LogP contribution in [0.5, 0.6) is 0 Å². The van der Waals surface area contributed by atoms with Crippen LogP contribution < -0.4 is 5.32 Å². The highest BCUT2D eigenvalue weighted by Gasteiger charge is 2.40. The van der Waals surface area contributed by atoms with Crippen molar-refractivity contribution >= 4 is 11.8 Å². The summed E-state index contributed by atoms with van der Waals surface area (Å²) < 4.78 is 0. The maximum Gasteiger partial charge on any atom is 0.225 e. The van der Waals surface area contributed by atoms with E-state index in [4.69, 9.17) is 0 Å². The highest BCUT2D eigenvalue weighted by Crippen LogP contribution is 2.32. The van der Waals surface area contributed by atoms with Crippen LogP contribution in [0.15, 0.2) is 0 Å². The normalized spacial score (nSPS) is 25.2. The molecule has 1 aliphatic carbocycles. The molecule has 1 saturated carbocycles. The van der Waals surface area contributed by atoms with Crippen LogP contribution in [0.3, 0.4) is 0 Å². The molecule has 0 spiro atoms. The molecule has 0 aromatic rings. The van der Waals surface area contributed by atoms with Crippen LogP contribution in [-0.4, -0.2) is 47.1 Å². The lowest BCUT2D eigenvalue weighted by molar-refractivity contribution is -0.139.